The highest BCUT2D eigenvalue weighted by Gasteiger charge is 2.27. The first kappa shape index (κ1) is 21.4. The van der Waals surface area contributed by atoms with Crippen molar-refractivity contribution in [2.75, 3.05) is 31.1 Å². The predicted octanol–water partition coefficient (Wildman–Crippen LogP) is 3.41. The zero-order valence-corrected chi connectivity index (χ0v) is 19.7. The van der Waals surface area contributed by atoms with Crippen molar-refractivity contribution in [3.05, 3.63) is 94.5 Å². The third kappa shape index (κ3) is 4.04. The van der Waals surface area contributed by atoms with Crippen molar-refractivity contribution in [3.8, 4) is 0 Å². The Morgan fingerprint density at radius 1 is 0.886 bits per heavy atom. The summed E-state index contributed by atoms with van der Waals surface area (Å²) < 4.78 is 1.40. The Morgan fingerprint density at radius 3 is 2.40 bits per heavy atom. The Kier molecular flexibility index (Phi) is 5.46. The normalized spacial score (nSPS) is 14.1. The number of carbonyl (C=O) groups excluding carboxylic acids is 1. The van der Waals surface area contributed by atoms with E-state index in [1.165, 1.54) is 4.68 Å². The van der Waals surface area contributed by atoms with Crippen LogP contribution in [0.4, 0.5) is 5.13 Å². The molecule has 174 valence electrons. The van der Waals surface area contributed by atoms with Gasteiger partial charge in [0.2, 0.25) is 0 Å². The number of benzene rings is 2. The third-order valence-corrected chi connectivity index (χ3v) is 7.28. The van der Waals surface area contributed by atoms with Gasteiger partial charge in [-0.3, -0.25) is 9.59 Å². The number of aromatic nitrogens is 4. The van der Waals surface area contributed by atoms with Crippen LogP contribution in [0.2, 0.25) is 0 Å². The number of thiazole rings is 1. The van der Waals surface area contributed by atoms with E-state index in [1.807, 2.05) is 59.5 Å². The van der Waals surface area contributed by atoms with Gasteiger partial charge in [-0.2, -0.15) is 5.10 Å². The topological polar surface area (TPSA) is 84.2 Å². The van der Waals surface area contributed by atoms with Gasteiger partial charge in [0, 0.05) is 37.8 Å². The van der Waals surface area contributed by atoms with Crippen molar-refractivity contribution in [1.82, 2.24) is 24.6 Å². The van der Waals surface area contributed by atoms with Crippen LogP contribution in [0.15, 0.2) is 77.7 Å². The minimum absolute atomic E-state index is 0.159. The Morgan fingerprint density at radius 2 is 1.63 bits per heavy atom. The molecule has 8 nitrogen and oxygen atoms in total. The SMILES string of the molecule is O=C(c1nn(Cc2ccccc2)c(=O)c2ccccc12)N1CCN(c2nc3cccnc3s2)CC1. The fourth-order valence-electron chi connectivity index (χ4n) is 4.40. The molecule has 0 aliphatic carbocycles. The molecule has 0 spiro atoms. The van der Waals surface area contributed by atoms with Crippen LogP contribution < -0.4 is 10.5 Å². The molecular formula is C26H22N6O2S. The van der Waals surface area contributed by atoms with Gasteiger partial charge < -0.3 is 9.80 Å². The van der Waals surface area contributed by atoms with Gasteiger partial charge in [-0.05, 0) is 23.8 Å². The lowest BCUT2D eigenvalue weighted by Gasteiger charge is -2.34. The average molecular weight is 483 g/mol. The maximum atomic E-state index is 13.6. The van der Waals surface area contributed by atoms with E-state index in [0.717, 1.165) is 21.0 Å². The fourth-order valence-corrected chi connectivity index (χ4v) is 5.36. The van der Waals surface area contributed by atoms with E-state index >= 15 is 0 Å². The molecule has 35 heavy (non-hydrogen) atoms. The van der Waals surface area contributed by atoms with Gasteiger partial charge in [0.25, 0.3) is 11.5 Å². The molecule has 0 radical (unpaired) electrons. The number of anilines is 1. The lowest BCUT2D eigenvalue weighted by atomic mass is 10.1. The molecule has 9 heteroatoms. The molecule has 2 aromatic carbocycles. The first-order valence-corrected chi connectivity index (χ1v) is 12.3. The summed E-state index contributed by atoms with van der Waals surface area (Å²) in [5.41, 5.74) is 1.96. The second-order valence-corrected chi connectivity index (χ2v) is 9.40. The van der Waals surface area contributed by atoms with Gasteiger partial charge in [-0.25, -0.2) is 14.6 Å². The molecule has 3 aromatic heterocycles. The van der Waals surface area contributed by atoms with E-state index in [1.54, 1.807) is 29.7 Å². The number of pyridine rings is 1. The van der Waals surface area contributed by atoms with Crippen molar-refractivity contribution in [2.45, 2.75) is 6.54 Å². The van der Waals surface area contributed by atoms with Crippen molar-refractivity contribution < 1.29 is 4.79 Å². The fraction of sp³-hybridized carbons (Fsp3) is 0.192. The molecule has 0 N–H and O–H groups in total. The number of piperazine rings is 1. The van der Waals surface area contributed by atoms with E-state index in [0.29, 0.717) is 49.2 Å². The molecule has 4 heterocycles. The molecule has 1 amide bonds. The first-order chi connectivity index (χ1) is 17.2. The first-order valence-electron chi connectivity index (χ1n) is 11.5. The summed E-state index contributed by atoms with van der Waals surface area (Å²) in [6.07, 6.45) is 1.77. The van der Waals surface area contributed by atoms with E-state index in [2.05, 4.69) is 15.0 Å². The highest BCUT2D eigenvalue weighted by molar-refractivity contribution is 7.21. The smallest absolute Gasteiger partial charge is 0.275 e. The quantitative estimate of drug-likeness (QED) is 0.390. The molecule has 1 aliphatic rings. The highest BCUT2D eigenvalue weighted by atomic mass is 32.1. The average Bonchev–Trinajstić information content (AvgIpc) is 3.35. The van der Waals surface area contributed by atoms with Crippen LogP contribution in [-0.4, -0.2) is 56.7 Å². The summed E-state index contributed by atoms with van der Waals surface area (Å²) in [7, 11) is 0. The highest BCUT2D eigenvalue weighted by Crippen LogP contribution is 2.28. The van der Waals surface area contributed by atoms with Gasteiger partial charge in [0.1, 0.15) is 10.3 Å². The standard InChI is InChI=1S/C26H22N6O2S/c33-24-20-10-5-4-9-19(20)22(29-32(24)17-18-7-2-1-3-8-18)25(34)30-13-15-31(16-14-30)26-28-21-11-6-12-27-23(21)35-26/h1-12H,13-17H2. The third-order valence-electron chi connectivity index (χ3n) is 6.24. The monoisotopic (exact) mass is 482 g/mol. The largest absolute Gasteiger partial charge is 0.344 e. The molecule has 1 fully saturated rings. The summed E-state index contributed by atoms with van der Waals surface area (Å²) >= 11 is 1.57. The minimum atomic E-state index is -0.199. The van der Waals surface area contributed by atoms with Gasteiger partial charge in [0.15, 0.2) is 10.8 Å². The lowest BCUT2D eigenvalue weighted by molar-refractivity contribution is 0.0740. The second kappa shape index (κ2) is 8.92. The molecule has 0 bridgehead atoms. The maximum absolute atomic E-state index is 13.6. The molecule has 1 aliphatic heterocycles. The van der Waals surface area contributed by atoms with Crippen molar-refractivity contribution in [2.24, 2.45) is 0 Å². The van der Waals surface area contributed by atoms with E-state index < -0.39 is 0 Å². The van der Waals surface area contributed by atoms with E-state index in [-0.39, 0.29) is 11.5 Å². The zero-order valence-electron chi connectivity index (χ0n) is 18.9. The van der Waals surface area contributed by atoms with Gasteiger partial charge in [-0.1, -0.05) is 59.9 Å². The van der Waals surface area contributed by atoms with Crippen LogP contribution >= 0.6 is 11.3 Å². The van der Waals surface area contributed by atoms with Crippen LogP contribution in [0.3, 0.4) is 0 Å². The number of hydrogen-bond donors (Lipinski definition) is 0. The van der Waals surface area contributed by atoms with Crippen LogP contribution in [0.25, 0.3) is 21.1 Å². The zero-order chi connectivity index (χ0) is 23.8. The molecular weight excluding hydrogens is 460 g/mol. The number of amides is 1. The maximum Gasteiger partial charge on any atom is 0.275 e. The van der Waals surface area contributed by atoms with E-state index in [4.69, 9.17) is 4.98 Å². The Labute approximate surface area is 205 Å². The summed E-state index contributed by atoms with van der Waals surface area (Å²) in [6, 6.07) is 20.7. The number of carbonyl (C=O) groups is 1. The van der Waals surface area contributed by atoms with Crippen LogP contribution in [0.5, 0.6) is 0 Å². The number of fused-ring (bicyclic) bond motifs is 2. The molecule has 0 unspecified atom stereocenters. The van der Waals surface area contributed by atoms with Crippen LogP contribution in [0, 0.1) is 0 Å². The predicted molar refractivity (Wildman–Crippen MR) is 137 cm³/mol. The summed E-state index contributed by atoms with van der Waals surface area (Å²) in [4.78, 5) is 40.7. The molecule has 0 atom stereocenters. The summed E-state index contributed by atoms with van der Waals surface area (Å²) in [5, 5.41) is 6.57. The summed E-state index contributed by atoms with van der Waals surface area (Å²) in [5.74, 6) is -0.159. The van der Waals surface area contributed by atoms with E-state index in [9.17, 15) is 9.59 Å². The lowest BCUT2D eigenvalue weighted by Crippen LogP contribution is -2.49. The Bertz CT molecular complexity index is 1560. The number of nitrogens with zero attached hydrogens (tertiary/aromatic N) is 6. The number of hydrogen-bond acceptors (Lipinski definition) is 7. The second-order valence-electron chi connectivity index (χ2n) is 8.45. The molecule has 1 saturated heterocycles. The van der Waals surface area contributed by atoms with Crippen LogP contribution in [0.1, 0.15) is 16.1 Å². The van der Waals surface area contributed by atoms with Gasteiger partial charge >= 0.3 is 0 Å². The molecule has 5 aromatic rings. The van der Waals surface area contributed by atoms with Crippen molar-refractivity contribution in [3.63, 3.8) is 0 Å². The summed E-state index contributed by atoms with van der Waals surface area (Å²) in [6.45, 7) is 2.76. The van der Waals surface area contributed by atoms with Crippen LogP contribution in [-0.2, 0) is 6.54 Å². The molecule has 0 saturated carbocycles. The van der Waals surface area contributed by atoms with Gasteiger partial charge in [0.05, 0.1) is 11.9 Å². The van der Waals surface area contributed by atoms with Gasteiger partial charge in [-0.15, -0.1) is 0 Å². The minimum Gasteiger partial charge on any atom is -0.344 e. The number of rotatable bonds is 4. The van der Waals surface area contributed by atoms with Crippen molar-refractivity contribution >= 4 is 43.5 Å². The Balaban J connectivity index is 1.27. The Hall–Kier alpha value is -4.11. The van der Waals surface area contributed by atoms with Crippen molar-refractivity contribution in [1.29, 1.82) is 0 Å². The molecule has 6 rings (SSSR count).